The number of nitrogens with two attached hydrogens (primary N) is 1. The molecule has 4 N–H and O–H groups in total. The van der Waals surface area contributed by atoms with Gasteiger partial charge in [-0.25, -0.2) is 14.8 Å². The van der Waals surface area contributed by atoms with Crippen LogP contribution in [0.2, 0.25) is 10.0 Å². The molecule has 212 valence electrons. The number of hydrazone groups is 1. The van der Waals surface area contributed by atoms with Crippen LogP contribution in [-0.4, -0.2) is 83.5 Å². The zero-order valence-corrected chi connectivity index (χ0v) is 24.1. The van der Waals surface area contributed by atoms with E-state index in [4.69, 9.17) is 48.5 Å². The lowest BCUT2D eigenvalue weighted by Gasteiger charge is -2.31. The van der Waals surface area contributed by atoms with Crippen LogP contribution in [0.1, 0.15) is 45.2 Å². The second kappa shape index (κ2) is 14.3. The molecule has 0 bridgehead atoms. The SMILES string of the molecule is CCC[C@@H](O)COc1ccc(Cl)c(-c2nc(NC3CCN(C(=O)OC)CC3)c(Cl)c(C(=NC)C(C)=NN)n2)c1. The fraction of sp³-hybridized carbons (Fsp3) is 0.500. The molecule has 3 rings (SSSR count). The van der Waals surface area contributed by atoms with Gasteiger partial charge in [0.05, 0.1) is 23.9 Å². The van der Waals surface area contributed by atoms with E-state index in [1.54, 1.807) is 37.1 Å². The first-order valence-electron chi connectivity index (χ1n) is 12.7. The number of aliphatic hydroxyl groups excluding tert-OH is 1. The van der Waals surface area contributed by atoms with Crippen LogP contribution in [-0.2, 0) is 4.74 Å². The van der Waals surface area contributed by atoms with E-state index in [0.717, 1.165) is 6.42 Å². The van der Waals surface area contributed by atoms with E-state index in [1.807, 2.05) is 6.92 Å². The van der Waals surface area contributed by atoms with Crippen molar-refractivity contribution in [2.24, 2.45) is 15.9 Å². The highest BCUT2D eigenvalue weighted by atomic mass is 35.5. The average molecular weight is 581 g/mol. The smallest absolute Gasteiger partial charge is 0.409 e. The summed E-state index contributed by atoms with van der Waals surface area (Å²) in [6.07, 6.45) is 1.90. The number of piperidine rings is 1. The second-order valence-corrected chi connectivity index (χ2v) is 9.90. The molecule has 1 atom stereocenters. The number of hydrogen-bond acceptors (Lipinski definition) is 10. The first kappa shape index (κ1) is 30.4. The van der Waals surface area contributed by atoms with E-state index in [0.29, 0.717) is 77.4 Å². The molecule has 1 aliphatic heterocycles. The number of hydrogen-bond donors (Lipinski definition) is 3. The lowest BCUT2D eigenvalue weighted by Crippen LogP contribution is -2.42. The van der Waals surface area contributed by atoms with E-state index in [2.05, 4.69) is 15.4 Å². The Balaban J connectivity index is 2.00. The summed E-state index contributed by atoms with van der Waals surface area (Å²) in [5.74, 6) is 6.74. The molecular formula is C26H35Cl2N7O4. The molecule has 11 nitrogen and oxygen atoms in total. The molecule has 0 radical (unpaired) electrons. The maximum absolute atomic E-state index is 11.9. The van der Waals surface area contributed by atoms with Crippen LogP contribution in [0.4, 0.5) is 10.6 Å². The molecule has 39 heavy (non-hydrogen) atoms. The van der Waals surface area contributed by atoms with Crippen LogP contribution in [0.3, 0.4) is 0 Å². The maximum Gasteiger partial charge on any atom is 0.409 e. The van der Waals surface area contributed by atoms with Gasteiger partial charge >= 0.3 is 6.09 Å². The van der Waals surface area contributed by atoms with Gasteiger partial charge in [0.1, 0.15) is 34.6 Å². The molecule has 1 amide bonds. The summed E-state index contributed by atoms with van der Waals surface area (Å²) in [7, 11) is 2.97. The van der Waals surface area contributed by atoms with Crippen molar-refractivity contribution in [1.82, 2.24) is 14.9 Å². The van der Waals surface area contributed by atoms with Crippen molar-refractivity contribution in [2.75, 3.05) is 39.2 Å². The summed E-state index contributed by atoms with van der Waals surface area (Å²) in [6.45, 7) is 4.92. The van der Waals surface area contributed by atoms with Crippen molar-refractivity contribution in [3.05, 3.63) is 33.9 Å². The highest BCUT2D eigenvalue weighted by Gasteiger charge is 2.26. The minimum Gasteiger partial charge on any atom is -0.491 e. The normalized spacial score (nSPS) is 15.7. The van der Waals surface area contributed by atoms with E-state index in [9.17, 15) is 9.90 Å². The van der Waals surface area contributed by atoms with Gasteiger partial charge in [0, 0.05) is 31.7 Å². The maximum atomic E-state index is 11.9. The number of amides is 1. The average Bonchev–Trinajstić information content (AvgIpc) is 2.94. The number of carbonyl (C=O) groups is 1. The Morgan fingerprint density at radius 2 is 2.03 bits per heavy atom. The molecule has 1 saturated heterocycles. The van der Waals surface area contributed by atoms with Gasteiger partial charge in [-0.3, -0.25) is 4.99 Å². The van der Waals surface area contributed by atoms with Crippen molar-refractivity contribution in [2.45, 2.75) is 51.7 Å². The third kappa shape index (κ3) is 7.71. The summed E-state index contributed by atoms with van der Waals surface area (Å²) < 4.78 is 10.6. The highest BCUT2D eigenvalue weighted by Crippen LogP contribution is 2.34. The first-order valence-corrected chi connectivity index (χ1v) is 13.5. The number of aromatic nitrogens is 2. The zero-order valence-electron chi connectivity index (χ0n) is 22.6. The van der Waals surface area contributed by atoms with Gasteiger partial charge in [0.25, 0.3) is 0 Å². The minimum absolute atomic E-state index is 0.00418. The predicted molar refractivity (Wildman–Crippen MR) is 154 cm³/mol. The monoisotopic (exact) mass is 579 g/mol. The van der Waals surface area contributed by atoms with Crippen LogP contribution in [0.15, 0.2) is 28.3 Å². The number of halogens is 2. The quantitative estimate of drug-likeness (QED) is 0.213. The molecule has 0 spiro atoms. The van der Waals surface area contributed by atoms with Crippen molar-refractivity contribution >= 4 is 46.5 Å². The Labute approximate surface area is 238 Å². The van der Waals surface area contributed by atoms with E-state index >= 15 is 0 Å². The van der Waals surface area contributed by atoms with E-state index in [-0.39, 0.29) is 23.8 Å². The molecule has 2 heterocycles. The number of rotatable bonds is 10. The Bertz CT molecular complexity index is 1220. The molecule has 13 heteroatoms. The third-order valence-corrected chi connectivity index (χ3v) is 7.03. The molecule has 1 fully saturated rings. The number of carbonyl (C=O) groups excluding carboxylic acids is 1. The van der Waals surface area contributed by atoms with Crippen molar-refractivity contribution in [3.63, 3.8) is 0 Å². The lowest BCUT2D eigenvalue weighted by atomic mass is 10.1. The third-order valence-electron chi connectivity index (χ3n) is 6.35. The number of benzene rings is 1. The van der Waals surface area contributed by atoms with E-state index < -0.39 is 6.10 Å². The number of ether oxygens (including phenoxy) is 2. The van der Waals surface area contributed by atoms with Gasteiger partial charge in [-0.15, -0.1) is 0 Å². The van der Waals surface area contributed by atoms with Crippen LogP contribution < -0.4 is 15.9 Å². The molecule has 0 aliphatic carbocycles. The first-order chi connectivity index (χ1) is 18.7. The fourth-order valence-corrected chi connectivity index (χ4v) is 4.65. The number of nitrogens with zero attached hydrogens (tertiary/aromatic N) is 5. The largest absolute Gasteiger partial charge is 0.491 e. The van der Waals surface area contributed by atoms with Gasteiger partial charge < -0.3 is 30.6 Å². The standard InChI is InChI=1S/C26H35Cl2N7O4/c1-5-6-17(36)14-39-18-7-8-20(27)19(13-18)24-32-23(22(30-3)15(2)34-29)21(28)25(33-24)31-16-9-11-35(12-10-16)26(37)38-4/h7-8,13,16-17,36H,5-6,9-12,14,29H2,1-4H3,(H,31,32,33)/t17-/m1/s1. The van der Waals surface area contributed by atoms with Crippen molar-refractivity contribution in [3.8, 4) is 17.1 Å². The zero-order chi connectivity index (χ0) is 28.5. The Kier molecular flexibility index (Phi) is 11.1. The molecular weight excluding hydrogens is 545 g/mol. The van der Waals surface area contributed by atoms with Gasteiger partial charge in [-0.1, -0.05) is 36.5 Å². The van der Waals surface area contributed by atoms with Gasteiger partial charge in [-0.2, -0.15) is 5.10 Å². The number of methoxy groups -OCH3 is 1. The molecule has 1 aromatic heterocycles. The second-order valence-electron chi connectivity index (χ2n) is 9.12. The Morgan fingerprint density at radius 3 is 2.64 bits per heavy atom. The summed E-state index contributed by atoms with van der Waals surface area (Å²) in [4.78, 5) is 27.3. The molecule has 1 aliphatic rings. The van der Waals surface area contributed by atoms with E-state index in [1.165, 1.54) is 7.11 Å². The Hall–Kier alpha value is -3.15. The Morgan fingerprint density at radius 1 is 1.31 bits per heavy atom. The number of aliphatic hydroxyl groups is 1. The number of anilines is 1. The lowest BCUT2D eigenvalue weighted by molar-refractivity contribution is 0.0994. The number of nitrogens with one attached hydrogen (secondary N) is 1. The number of aliphatic imine (C=N–C) groups is 1. The molecule has 0 saturated carbocycles. The van der Waals surface area contributed by atoms with Crippen molar-refractivity contribution < 1.29 is 19.4 Å². The van der Waals surface area contributed by atoms with Gasteiger partial charge in [0.2, 0.25) is 0 Å². The minimum atomic E-state index is -0.573. The fourth-order valence-electron chi connectivity index (χ4n) is 4.22. The van der Waals surface area contributed by atoms with Crippen LogP contribution in [0.25, 0.3) is 11.4 Å². The summed E-state index contributed by atoms with van der Waals surface area (Å²) >= 11 is 13.4. The predicted octanol–water partition coefficient (Wildman–Crippen LogP) is 4.39. The summed E-state index contributed by atoms with van der Waals surface area (Å²) in [6, 6.07) is 5.13. The van der Waals surface area contributed by atoms with Crippen molar-refractivity contribution in [1.29, 1.82) is 0 Å². The molecule has 1 aromatic carbocycles. The topological polar surface area (TPSA) is 148 Å². The van der Waals surface area contributed by atoms with Gasteiger partial charge in [-0.05, 0) is 44.4 Å². The highest BCUT2D eigenvalue weighted by molar-refractivity contribution is 6.50. The summed E-state index contributed by atoms with van der Waals surface area (Å²) in [5, 5.41) is 17.9. The van der Waals surface area contributed by atoms with Crippen LogP contribution >= 0.6 is 23.2 Å². The van der Waals surface area contributed by atoms with Crippen LogP contribution in [0, 0.1) is 0 Å². The van der Waals surface area contributed by atoms with Crippen LogP contribution in [0.5, 0.6) is 5.75 Å². The number of likely N-dealkylation sites (tertiary alicyclic amines) is 1. The summed E-state index contributed by atoms with van der Waals surface area (Å²) in [5.41, 5.74) is 1.69. The van der Waals surface area contributed by atoms with Gasteiger partial charge in [0.15, 0.2) is 5.82 Å². The molecule has 2 aromatic rings. The molecule has 0 unspecified atom stereocenters.